The lowest BCUT2D eigenvalue weighted by Crippen LogP contribution is -2.23. The molecule has 0 rings (SSSR count). The largest absolute Gasteiger partial charge is 0.481 e. The van der Waals surface area contributed by atoms with Gasteiger partial charge in [0.15, 0.2) is 5.92 Å². The van der Waals surface area contributed by atoms with Gasteiger partial charge in [0.25, 0.3) is 0 Å². The molecule has 0 bridgehead atoms. The molecule has 0 aromatic rings. The molecule has 4 heteroatoms. The molecule has 0 atom stereocenters. The van der Waals surface area contributed by atoms with E-state index in [2.05, 4.69) is 5.92 Å². The highest BCUT2D eigenvalue weighted by molar-refractivity contribution is 5.92. The van der Waals surface area contributed by atoms with Crippen LogP contribution in [-0.2, 0) is 9.59 Å². The molecular formula is C9H12O4. The van der Waals surface area contributed by atoms with Crippen LogP contribution in [0.15, 0.2) is 0 Å². The van der Waals surface area contributed by atoms with E-state index in [0.717, 1.165) is 0 Å². The fraction of sp³-hybridized carbons (Fsp3) is 0.556. The molecule has 2 N–H and O–H groups in total. The van der Waals surface area contributed by atoms with E-state index >= 15 is 0 Å². The van der Waals surface area contributed by atoms with Crippen molar-refractivity contribution in [2.75, 3.05) is 0 Å². The van der Waals surface area contributed by atoms with Crippen LogP contribution in [0, 0.1) is 18.3 Å². The van der Waals surface area contributed by atoms with Crippen LogP contribution in [0.1, 0.15) is 25.7 Å². The third-order valence-corrected chi connectivity index (χ3v) is 1.66. The lowest BCUT2D eigenvalue weighted by Gasteiger charge is -2.05. The third kappa shape index (κ3) is 4.86. The molecule has 0 amide bonds. The van der Waals surface area contributed by atoms with Gasteiger partial charge in [-0.3, -0.25) is 9.59 Å². The summed E-state index contributed by atoms with van der Waals surface area (Å²) in [6, 6.07) is 0. The van der Waals surface area contributed by atoms with Crippen molar-refractivity contribution >= 4 is 11.9 Å². The Labute approximate surface area is 76.6 Å². The Morgan fingerprint density at radius 3 is 2.15 bits per heavy atom. The summed E-state index contributed by atoms with van der Waals surface area (Å²) in [6.45, 7) is 0. The van der Waals surface area contributed by atoms with Crippen LogP contribution in [0.2, 0.25) is 0 Å². The first kappa shape index (κ1) is 11.5. The smallest absolute Gasteiger partial charge is 0.317 e. The predicted molar refractivity (Wildman–Crippen MR) is 46.1 cm³/mol. The van der Waals surface area contributed by atoms with Crippen molar-refractivity contribution in [1.29, 1.82) is 0 Å². The van der Waals surface area contributed by atoms with Crippen molar-refractivity contribution in [2.24, 2.45) is 5.92 Å². The molecule has 13 heavy (non-hydrogen) atoms. The molecule has 4 nitrogen and oxygen atoms in total. The average molecular weight is 184 g/mol. The second-order valence-electron chi connectivity index (χ2n) is 2.68. The fourth-order valence-electron chi connectivity index (χ4n) is 0.928. The van der Waals surface area contributed by atoms with Crippen LogP contribution in [0.25, 0.3) is 0 Å². The molecule has 0 aliphatic rings. The van der Waals surface area contributed by atoms with Crippen molar-refractivity contribution in [1.82, 2.24) is 0 Å². The molecule has 0 radical (unpaired) electrons. The fourth-order valence-corrected chi connectivity index (χ4v) is 0.928. The molecule has 0 saturated carbocycles. The quantitative estimate of drug-likeness (QED) is 0.366. The van der Waals surface area contributed by atoms with Gasteiger partial charge in [0.05, 0.1) is 0 Å². The van der Waals surface area contributed by atoms with Gasteiger partial charge in [-0.05, 0) is 12.8 Å². The normalized spacial score (nSPS) is 9.54. The molecule has 0 aromatic carbocycles. The van der Waals surface area contributed by atoms with Crippen LogP contribution in [0.4, 0.5) is 0 Å². The zero-order valence-electron chi connectivity index (χ0n) is 7.19. The van der Waals surface area contributed by atoms with E-state index in [1.807, 2.05) is 0 Å². The third-order valence-electron chi connectivity index (χ3n) is 1.66. The maximum absolute atomic E-state index is 10.4. The zero-order chi connectivity index (χ0) is 10.3. The summed E-state index contributed by atoms with van der Waals surface area (Å²) in [7, 11) is 0. The number of carbonyl (C=O) groups is 2. The van der Waals surface area contributed by atoms with Gasteiger partial charge in [-0.2, -0.15) is 0 Å². The summed E-state index contributed by atoms with van der Waals surface area (Å²) in [6.07, 6.45) is 6.90. The lowest BCUT2D eigenvalue weighted by molar-refractivity contribution is -0.154. The van der Waals surface area contributed by atoms with E-state index in [0.29, 0.717) is 19.3 Å². The number of carboxylic acids is 2. The van der Waals surface area contributed by atoms with Crippen molar-refractivity contribution < 1.29 is 19.8 Å². The number of unbranched alkanes of at least 4 members (excludes halogenated alkanes) is 2. The summed E-state index contributed by atoms with van der Waals surface area (Å²) < 4.78 is 0. The summed E-state index contributed by atoms with van der Waals surface area (Å²) in [5, 5.41) is 17.0. The van der Waals surface area contributed by atoms with Gasteiger partial charge in [-0.15, -0.1) is 12.3 Å². The summed E-state index contributed by atoms with van der Waals surface area (Å²) in [5.74, 6) is -1.46. The van der Waals surface area contributed by atoms with Crippen LogP contribution >= 0.6 is 0 Å². The van der Waals surface area contributed by atoms with Gasteiger partial charge >= 0.3 is 11.9 Å². The van der Waals surface area contributed by atoms with E-state index in [-0.39, 0.29) is 6.42 Å². The second-order valence-corrected chi connectivity index (χ2v) is 2.68. The number of rotatable bonds is 6. The SMILES string of the molecule is C#CCCCCC(C(=O)O)C(=O)O. The standard InChI is InChI=1S/C9H12O4/c1-2-3-4-5-6-7(8(10)11)9(12)13/h1,7H,3-6H2,(H,10,11)(H,12,13). The highest BCUT2D eigenvalue weighted by atomic mass is 16.4. The maximum atomic E-state index is 10.4. The first-order valence-corrected chi connectivity index (χ1v) is 3.98. The zero-order valence-corrected chi connectivity index (χ0v) is 7.19. The molecule has 0 aromatic heterocycles. The molecule has 0 unspecified atom stereocenters. The Bertz CT molecular complexity index is 212. The number of aliphatic carboxylic acids is 2. The van der Waals surface area contributed by atoms with Gasteiger partial charge in [0.2, 0.25) is 0 Å². The highest BCUT2D eigenvalue weighted by Gasteiger charge is 2.24. The van der Waals surface area contributed by atoms with E-state index in [1.54, 1.807) is 0 Å². The molecule has 0 aliphatic heterocycles. The molecule has 0 fully saturated rings. The topological polar surface area (TPSA) is 74.6 Å². The Kier molecular flexibility index (Phi) is 5.37. The van der Waals surface area contributed by atoms with Gasteiger partial charge in [-0.1, -0.05) is 6.42 Å². The molecule has 0 aliphatic carbocycles. The van der Waals surface area contributed by atoms with Crippen LogP contribution < -0.4 is 0 Å². The second kappa shape index (κ2) is 6.06. The number of terminal acetylenes is 1. The van der Waals surface area contributed by atoms with Gasteiger partial charge in [-0.25, -0.2) is 0 Å². The first-order chi connectivity index (χ1) is 6.09. The summed E-state index contributed by atoms with van der Waals surface area (Å²) in [5.41, 5.74) is 0. The van der Waals surface area contributed by atoms with Crippen molar-refractivity contribution in [3.05, 3.63) is 0 Å². The van der Waals surface area contributed by atoms with Gasteiger partial charge in [0.1, 0.15) is 0 Å². The van der Waals surface area contributed by atoms with E-state index in [1.165, 1.54) is 0 Å². The van der Waals surface area contributed by atoms with Gasteiger partial charge < -0.3 is 10.2 Å². The van der Waals surface area contributed by atoms with E-state index in [9.17, 15) is 9.59 Å². The van der Waals surface area contributed by atoms with Crippen molar-refractivity contribution in [2.45, 2.75) is 25.7 Å². The van der Waals surface area contributed by atoms with Crippen molar-refractivity contribution in [3.63, 3.8) is 0 Å². The van der Waals surface area contributed by atoms with E-state index < -0.39 is 17.9 Å². The van der Waals surface area contributed by atoms with Crippen LogP contribution in [0.5, 0.6) is 0 Å². The van der Waals surface area contributed by atoms with E-state index in [4.69, 9.17) is 16.6 Å². The Morgan fingerprint density at radius 1 is 1.23 bits per heavy atom. The molecular weight excluding hydrogens is 172 g/mol. The number of carboxylic acid groups (broad SMARTS) is 2. The Morgan fingerprint density at radius 2 is 1.77 bits per heavy atom. The summed E-state index contributed by atoms with van der Waals surface area (Å²) >= 11 is 0. The minimum Gasteiger partial charge on any atom is -0.481 e. The number of hydrogen-bond donors (Lipinski definition) is 2. The Hall–Kier alpha value is -1.50. The minimum atomic E-state index is -1.29. The maximum Gasteiger partial charge on any atom is 0.317 e. The monoisotopic (exact) mass is 184 g/mol. The first-order valence-electron chi connectivity index (χ1n) is 3.98. The lowest BCUT2D eigenvalue weighted by atomic mass is 10.0. The molecule has 0 spiro atoms. The highest BCUT2D eigenvalue weighted by Crippen LogP contribution is 2.10. The average Bonchev–Trinajstić information content (AvgIpc) is 2.02. The summed E-state index contributed by atoms with van der Waals surface area (Å²) in [4.78, 5) is 20.8. The predicted octanol–water partition coefficient (Wildman–Crippen LogP) is 0.965. The minimum absolute atomic E-state index is 0.145. The molecule has 72 valence electrons. The molecule has 0 heterocycles. The number of hydrogen-bond acceptors (Lipinski definition) is 2. The van der Waals surface area contributed by atoms with Crippen LogP contribution in [0.3, 0.4) is 0 Å². The van der Waals surface area contributed by atoms with Gasteiger partial charge in [0, 0.05) is 6.42 Å². The van der Waals surface area contributed by atoms with Crippen LogP contribution in [-0.4, -0.2) is 22.2 Å². The Balaban J connectivity index is 3.79. The molecule has 0 saturated heterocycles. The van der Waals surface area contributed by atoms with Crippen molar-refractivity contribution in [3.8, 4) is 12.3 Å².